The van der Waals surface area contributed by atoms with Crippen LogP contribution in [0.4, 0.5) is 0 Å². The number of methoxy groups -OCH3 is 1. The molecule has 0 spiro atoms. The monoisotopic (exact) mass is 238 g/mol. The Morgan fingerprint density at radius 2 is 2.25 bits per heavy atom. The van der Waals surface area contributed by atoms with Crippen molar-refractivity contribution in [3.63, 3.8) is 0 Å². The Kier molecular flexibility index (Phi) is 2.80. The molecule has 84 valence electrons. The number of thiophene rings is 1. The van der Waals surface area contributed by atoms with Gasteiger partial charge in [-0.15, -0.1) is 11.3 Å². The quantitative estimate of drug-likeness (QED) is 0.858. The first-order valence-corrected chi connectivity index (χ1v) is 5.42. The molecule has 4 nitrogen and oxygen atoms in total. The van der Waals surface area contributed by atoms with E-state index in [1.807, 2.05) is 12.1 Å². The Labute approximate surface area is 95.7 Å². The number of rotatable bonds is 3. The number of aliphatic hydroxyl groups excluding tert-OH is 1. The predicted molar refractivity (Wildman–Crippen MR) is 61.0 cm³/mol. The summed E-state index contributed by atoms with van der Waals surface area (Å²) in [6.45, 7) is 0. The van der Waals surface area contributed by atoms with Crippen LogP contribution in [0.2, 0.25) is 0 Å². The zero-order valence-electron chi connectivity index (χ0n) is 8.51. The lowest BCUT2D eigenvalue weighted by Crippen LogP contribution is -2.08. The normalized spacial score (nSPS) is 12.6. The van der Waals surface area contributed by atoms with Crippen LogP contribution in [0, 0.1) is 0 Å². The molecule has 0 bridgehead atoms. The first-order chi connectivity index (χ1) is 7.63. The third-order valence-corrected chi connectivity index (χ3v) is 3.47. The van der Waals surface area contributed by atoms with Gasteiger partial charge < -0.3 is 14.9 Å². The van der Waals surface area contributed by atoms with E-state index in [4.69, 9.17) is 9.84 Å². The van der Waals surface area contributed by atoms with Gasteiger partial charge in [0.2, 0.25) is 0 Å². The van der Waals surface area contributed by atoms with Crippen LogP contribution in [0.3, 0.4) is 0 Å². The molecule has 1 atom stereocenters. The van der Waals surface area contributed by atoms with Crippen LogP contribution in [-0.2, 0) is 4.79 Å². The van der Waals surface area contributed by atoms with Crippen LogP contribution in [0.25, 0.3) is 10.1 Å². The minimum absolute atomic E-state index is 0.409. The summed E-state index contributed by atoms with van der Waals surface area (Å²) in [6, 6.07) is 7.15. The zero-order valence-corrected chi connectivity index (χ0v) is 9.32. The van der Waals surface area contributed by atoms with E-state index in [0.29, 0.717) is 10.6 Å². The highest BCUT2D eigenvalue weighted by Crippen LogP contribution is 2.35. The molecule has 0 saturated heterocycles. The number of carboxylic acid groups (broad SMARTS) is 1. The Hall–Kier alpha value is -1.59. The van der Waals surface area contributed by atoms with E-state index in [1.54, 1.807) is 19.2 Å². The molecule has 0 saturated carbocycles. The minimum Gasteiger partial charge on any atom is -0.495 e. The van der Waals surface area contributed by atoms with Gasteiger partial charge in [-0.05, 0) is 17.5 Å². The van der Waals surface area contributed by atoms with Crippen molar-refractivity contribution >= 4 is 27.4 Å². The lowest BCUT2D eigenvalue weighted by molar-refractivity contribution is -0.146. The van der Waals surface area contributed by atoms with Crippen LogP contribution in [0.1, 0.15) is 11.0 Å². The second kappa shape index (κ2) is 4.11. The Morgan fingerprint density at radius 3 is 2.88 bits per heavy atom. The zero-order chi connectivity index (χ0) is 11.7. The van der Waals surface area contributed by atoms with Crippen molar-refractivity contribution in [2.24, 2.45) is 0 Å². The second-order valence-corrected chi connectivity index (χ2v) is 4.35. The van der Waals surface area contributed by atoms with E-state index < -0.39 is 12.1 Å². The molecule has 1 aromatic heterocycles. The number of carbonyl (C=O) groups is 1. The van der Waals surface area contributed by atoms with E-state index in [2.05, 4.69) is 0 Å². The molecule has 2 aromatic rings. The highest BCUT2D eigenvalue weighted by molar-refractivity contribution is 7.19. The molecular formula is C11H10O4S. The van der Waals surface area contributed by atoms with Crippen molar-refractivity contribution < 1.29 is 19.7 Å². The molecule has 0 aliphatic rings. The lowest BCUT2D eigenvalue weighted by Gasteiger charge is -2.00. The largest absolute Gasteiger partial charge is 0.495 e. The summed E-state index contributed by atoms with van der Waals surface area (Å²) in [5.74, 6) is -0.558. The van der Waals surface area contributed by atoms with E-state index >= 15 is 0 Å². The van der Waals surface area contributed by atoms with Gasteiger partial charge >= 0.3 is 5.97 Å². The molecule has 0 fully saturated rings. The third-order valence-electron chi connectivity index (χ3n) is 2.25. The summed E-state index contributed by atoms with van der Waals surface area (Å²) in [4.78, 5) is 11.1. The second-order valence-electron chi connectivity index (χ2n) is 3.27. The maximum atomic E-state index is 10.7. The van der Waals surface area contributed by atoms with Crippen molar-refractivity contribution in [2.75, 3.05) is 7.11 Å². The van der Waals surface area contributed by atoms with Gasteiger partial charge in [-0.25, -0.2) is 4.79 Å². The molecule has 0 amide bonds. The number of carboxylic acids is 1. The molecule has 1 aromatic carbocycles. The summed E-state index contributed by atoms with van der Waals surface area (Å²) in [7, 11) is 1.56. The number of aliphatic carboxylic acids is 1. The first-order valence-electron chi connectivity index (χ1n) is 4.61. The van der Waals surface area contributed by atoms with E-state index in [0.717, 1.165) is 10.1 Å². The smallest absolute Gasteiger partial charge is 0.338 e. The first kappa shape index (κ1) is 10.9. The summed E-state index contributed by atoms with van der Waals surface area (Å²) in [5, 5.41) is 19.0. The van der Waals surface area contributed by atoms with Crippen molar-refractivity contribution in [3.8, 4) is 5.75 Å². The number of ether oxygens (including phenoxy) is 1. The lowest BCUT2D eigenvalue weighted by atomic mass is 10.2. The van der Waals surface area contributed by atoms with E-state index in [9.17, 15) is 9.90 Å². The molecule has 0 aliphatic carbocycles. The van der Waals surface area contributed by atoms with Crippen molar-refractivity contribution in [3.05, 3.63) is 29.1 Å². The van der Waals surface area contributed by atoms with E-state index in [1.165, 1.54) is 11.3 Å². The molecule has 1 unspecified atom stereocenters. The fraction of sp³-hybridized carbons (Fsp3) is 0.182. The summed E-state index contributed by atoms with van der Waals surface area (Å²) in [6.07, 6.45) is -1.47. The predicted octanol–water partition coefficient (Wildman–Crippen LogP) is 2.03. The van der Waals surface area contributed by atoms with Gasteiger partial charge in [-0.2, -0.15) is 0 Å². The summed E-state index contributed by atoms with van der Waals surface area (Å²) >= 11 is 1.23. The van der Waals surface area contributed by atoms with Gasteiger partial charge in [0.25, 0.3) is 0 Å². The van der Waals surface area contributed by atoms with Crippen LogP contribution >= 0.6 is 11.3 Å². The van der Waals surface area contributed by atoms with Gasteiger partial charge in [-0.3, -0.25) is 0 Å². The molecule has 5 heteroatoms. The molecule has 2 rings (SSSR count). The average molecular weight is 238 g/mol. The molecular weight excluding hydrogens is 228 g/mol. The Balaban J connectivity index is 2.55. The number of aliphatic hydroxyl groups is 1. The van der Waals surface area contributed by atoms with Gasteiger partial charge in [0.05, 0.1) is 11.8 Å². The van der Waals surface area contributed by atoms with E-state index in [-0.39, 0.29) is 0 Å². The highest BCUT2D eigenvalue weighted by atomic mass is 32.1. The SMILES string of the molecule is COc1cccc2cc(C(O)C(=O)O)sc12. The van der Waals surface area contributed by atoms with Crippen molar-refractivity contribution in [1.29, 1.82) is 0 Å². The highest BCUT2D eigenvalue weighted by Gasteiger charge is 2.19. The number of benzene rings is 1. The number of fused-ring (bicyclic) bond motifs is 1. The molecule has 0 aliphatic heterocycles. The van der Waals surface area contributed by atoms with Crippen LogP contribution < -0.4 is 4.74 Å². The summed E-state index contributed by atoms with van der Waals surface area (Å²) < 4.78 is 6.01. The Bertz CT molecular complexity index is 532. The van der Waals surface area contributed by atoms with Crippen LogP contribution in [0.15, 0.2) is 24.3 Å². The topological polar surface area (TPSA) is 66.8 Å². The van der Waals surface area contributed by atoms with Crippen LogP contribution in [-0.4, -0.2) is 23.3 Å². The third kappa shape index (κ3) is 1.75. The fourth-order valence-electron chi connectivity index (χ4n) is 1.47. The molecule has 2 N–H and O–H groups in total. The van der Waals surface area contributed by atoms with Gasteiger partial charge in [0.15, 0.2) is 6.10 Å². The number of hydrogen-bond acceptors (Lipinski definition) is 4. The fourth-order valence-corrected chi connectivity index (χ4v) is 2.60. The standard InChI is InChI=1S/C11H10O4S/c1-15-7-4-2-3-6-5-8(16-10(6)7)9(12)11(13)14/h2-5,9,12H,1H3,(H,13,14). The maximum absolute atomic E-state index is 10.7. The van der Waals surface area contributed by atoms with Gasteiger partial charge in [0.1, 0.15) is 5.75 Å². The molecule has 16 heavy (non-hydrogen) atoms. The Morgan fingerprint density at radius 1 is 1.50 bits per heavy atom. The summed E-state index contributed by atoms with van der Waals surface area (Å²) in [5.41, 5.74) is 0. The van der Waals surface area contributed by atoms with Crippen LogP contribution in [0.5, 0.6) is 5.75 Å². The average Bonchev–Trinajstić information content (AvgIpc) is 2.70. The number of hydrogen-bond donors (Lipinski definition) is 2. The minimum atomic E-state index is -1.47. The van der Waals surface area contributed by atoms with Crippen molar-refractivity contribution in [2.45, 2.75) is 6.10 Å². The van der Waals surface area contributed by atoms with Crippen molar-refractivity contribution in [1.82, 2.24) is 0 Å². The van der Waals surface area contributed by atoms with Gasteiger partial charge in [-0.1, -0.05) is 12.1 Å². The van der Waals surface area contributed by atoms with Gasteiger partial charge in [0, 0.05) is 4.88 Å². The maximum Gasteiger partial charge on any atom is 0.338 e. The molecule has 1 heterocycles. The molecule has 0 radical (unpaired) electrons.